The van der Waals surface area contributed by atoms with Gasteiger partial charge in [0.2, 0.25) is 5.91 Å². The molecule has 0 bridgehead atoms. The van der Waals surface area contributed by atoms with Crippen molar-refractivity contribution in [1.82, 2.24) is 4.90 Å². The summed E-state index contributed by atoms with van der Waals surface area (Å²) in [5.74, 6) is 0.373. The van der Waals surface area contributed by atoms with Gasteiger partial charge in [-0.25, -0.2) is 4.79 Å². The lowest BCUT2D eigenvalue weighted by Gasteiger charge is -2.24. The van der Waals surface area contributed by atoms with Crippen molar-refractivity contribution < 1.29 is 14.3 Å². The van der Waals surface area contributed by atoms with Crippen LogP contribution in [0, 0.1) is 0 Å². The highest BCUT2D eigenvalue weighted by Crippen LogP contribution is 2.18. The lowest BCUT2D eigenvalue weighted by molar-refractivity contribution is -0.116. The Bertz CT molecular complexity index is 562. The zero-order valence-corrected chi connectivity index (χ0v) is 15.7. The summed E-state index contributed by atoms with van der Waals surface area (Å²) in [6.45, 7) is 10.2. The molecule has 0 spiro atoms. The summed E-state index contributed by atoms with van der Waals surface area (Å²) in [5, 5.41) is 2.90. The summed E-state index contributed by atoms with van der Waals surface area (Å²) in [6.07, 6.45) is 0.581. The monoisotopic (exact) mass is 334 g/mol. The molecule has 0 aliphatic carbocycles. The maximum absolute atomic E-state index is 12.0. The van der Waals surface area contributed by atoms with Crippen LogP contribution in [0.15, 0.2) is 24.3 Å². The smallest absolute Gasteiger partial charge is 0.410 e. The average molecular weight is 334 g/mol. The molecule has 0 aliphatic rings. The molecule has 24 heavy (non-hydrogen) atoms. The first kappa shape index (κ1) is 20.0. The van der Waals surface area contributed by atoms with Gasteiger partial charge in [-0.05, 0) is 50.8 Å². The van der Waals surface area contributed by atoms with Crippen LogP contribution in [0.3, 0.4) is 0 Å². The molecule has 5 nitrogen and oxygen atoms in total. The largest absolute Gasteiger partial charge is 0.444 e. The number of carbonyl (C=O) groups is 2. The molecule has 1 rings (SSSR count). The van der Waals surface area contributed by atoms with Gasteiger partial charge in [0.15, 0.2) is 0 Å². The minimum Gasteiger partial charge on any atom is -0.444 e. The molecule has 0 fully saturated rings. The van der Waals surface area contributed by atoms with Crippen molar-refractivity contribution in [3.63, 3.8) is 0 Å². The maximum atomic E-state index is 12.0. The summed E-state index contributed by atoms with van der Waals surface area (Å²) in [5.41, 5.74) is 1.49. The second kappa shape index (κ2) is 8.71. The number of hydrogen-bond donors (Lipinski definition) is 1. The molecule has 0 atom stereocenters. The first-order chi connectivity index (χ1) is 11.1. The highest BCUT2D eigenvalue weighted by atomic mass is 16.6. The second-order valence-corrected chi connectivity index (χ2v) is 7.33. The van der Waals surface area contributed by atoms with E-state index in [9.17, 15) is 9.59 Å². The number of nitrogens with one attached hydrogen (secondary N) is 1. The van der Waals surface area contributed by atoms with Crippen molar-refractivity contribution in [2.75, 3.05) is 18.9 Å². The van der Waals surface area contributed by atoms with E-state index in [1.165, 1.54) is 10.5 Å². The summed E-state index contributed by atoms with van der Waals surface area (Å²) < 4.78 is 5.27. The van der Waals surface area contributed by atoms with Crippen molar-refractivity contribution in [2.45, 2.75) is 59.0 Å². The molecule has 0 unspecified atom stereocenters. The number of carbonyl (C=O) groups excluding carboxylic acids is 2. The fourth-order valence-corrected chi connectivity index (χ4v) is 2.11. The van der Waals surface area contributed by atoms with E-state index in [-0.39, 0.29) is 12.0 Å². The van der Waals surface area contributed by atoms with Crippen LogP contribution in [0.5, 0.6) is 0 Å². The van der Waals surface area contributed by atoms with E-state index in [4.69, 9.17) is 4.74 Å². The Morgan fingerprint density at radius 3 is 2.50 bits per heavy atom. The van der Waals surface area contributed by atoms with E-state index in [1.54, 1.807) is 7.05 Å². The average Bonchev–Trinajstić information content (AvgIpc) is 2.45. The van der Waals surface area contributed by atoms with Crippen LogP contribution >= 0.6 is 0 Å². The number of rotatable bonds is 6. The van der Waals surface area contributed by atoms with E-state index in [1.807, 2.05) is 39.0 Å². The Morgan fingerprint density at radius 1 is 1.25 bits per heavy atom. The predicted molar refractivity (Wildman–Crippen MR) is 97.3 cm³/mol. The Hall–Kier alpha value is -2.04. The fourth-order valence-electron chi connectivity index (χ4n) is 2.11. The predicted octanol–water partition coefficient (Wildman–Crippen LogP) is 4.40. The standard InChI is InChI=1S/C19H30N2O3/c1-14(2)15-9-7-10-16(13-15)20-17(22)11-8-12-21(6)18(23)24-19(3,4)5/h7,9-10,13-14H,8,11-12H2,1-6H3,(H,20,22). The van der Waals surface area contributed by atoms with Crippen molar-refractivity contribution in [1.29, 1.82) is 0 Å². The molecule has 0 saturated heterocycles. The quantitative estimate of drug-likeness (QED) is 0.839. The minimum atomic E-state index is -0.510. The molecule has 134 valence electrons. The number of amides is 2. The molecule has 0 heterocycles. The number of ether oxygens (including phenoxy) is 1. The van der Waals surface area contributed by atoms with Gasteiger partial charge in [0, 0.05) is 25.7 Å². The first-order valence-corrected chi connectivity index (χ1v) is 8.42. The van der Waals surface area contributed by atoms with Gasteiger partial charge in [-0.1, -0.05) is 26.0 Å². The summed E-state index contributed by atoms with van der Waals surface area (Å²) in [7, 11) is 1.68. The minimum absolute atomic E-state index is 0.0477. The fraction of sp³-hybridized carbons (Fsp3) is 0.579. The van der Waals surface area contributed by atoms with Gasteiger partial charge in [-0.3, -0.25) is 4.79 Å². The molecular formula is C19H30N2O3. The van der Waals surface area contributed by atoms with E-state index in [0.717, 1.165) is 5.69 Å². The number of anilines is 1. The lowest BCUT2D eigenvalue weighted by atomic mass is 10.0. The highest BCUT2D eigenvalue weighted by Gasteiger charge is 2.19. The lowest BCUT2D eigenvalue weighted by Crippen LogP contribution is -2.35. The van der Waals surface area contributed by atoms with Gasteiger partial charge in [0.1, 0.15) is 5.60 Å². The molecule has 2 amide bonds. The normalized spacial score (nSPS) is 11.3. The van der Waals surface area contributed by atoms with E-state index in [0.29, 0.717) is 25.3 Å². The van der Waals surface area contributed by atoms with E-state index in [2.05, 4.69) is 25.2 Å². The zero-order chi connectivity index (χ0) is 18.3. The third-order valence-electron chi connectivity index (χ3n) is 3.44. The number of benzene rings is 1. The van der Waals surface area contributed by atoms with Crippen LogP contribution in [0.1, 0.15) is 58.9 Å². The van der Waals surface area contributed by atoms with E-state index >= 15 is 0 Å². The van der Waals surface area contributed by atoms with E-state index < -0.39 is 5.60 Å². The summed E-state index contributed by atoms with van der Waals surface area (Å²) in [6, 6.07) is 7.88. The van der Waals surface area contributed by atoms with Gasteiger partial charge < -0.3 is 15.0 Å². The molecule has 1 N–H and O–H groups in total. The molecular weight excluding hydrogens is 304 g/mol. The molecule has 1 aromatic carbocycles. The molecule has 0 aliphatic heterocycles. The second-order valence-electron chi connectivity index (χ2n) is 7.33. The van der Waals surface area contributed by atoms with Gasteiger partial charge in [-0.2, -0.15) is 0 Å². The van der Waals surface area contributed by atoms with Crippen molar-refractivity contribution in [3.8, 4) is 0 Å². The van der Waals surface area contributed by atoms with Gasteiger partial charge >= 0.3 is 6.09 Å². The van der Waals surface area contributed by atoms with Gasteiger partial charge in [0.25, 0.3) is 0 Å². The van der Waals surface area contributed by atoms with Crippen LogP contribution in [0.4, 0.5) is 10.5 Å². The first-order valence-electron chi connectivity index (χ1n) is 8.42. The number of hydrogen-bond acceptors (Lipinski definition) is 3. The van der Waals surface area contributed by atoms with Crippen molar-refractivity contribution in [3.05, 3.63) is 29.8 Å². The third kappa shape index (κ3) is 7.49. The SMILES string of the molecule is CC(C)c1cccc(NC(=O)CCCN(C)C(=O)OC(C)(C)C)c1. The Balaban J connectivity index is 2.39. The molecule has 0 aromatic heterocycles. The highest BCUT2D eigenvalue weighted by molar-refractivity contribution is 5.90. The number of nitrogens with zero attached hydrogens (tertiary/aromatic N) is 1. The Kier molecular flexibility index (Phi) is 7.26. The van der Waals surface area contributed by atoms with Crippen LogP contribution < -0.4 is 5.32 Å². The van der Waals surface area contributed by atoms with Crippen LogP contribution in [-0.4, -0.2) is 36.1 Å². The van der Waals surface area contributed by atoms with Crippen LogP contribution in [0.2, 0.25) is 0 Å². The third-order valence-corrected chi connectivity index (χ3v) is 3.44. The molecule has 5 heteroatoms. The Labute approximate surface area is 145 Å². The van der Waals surface area contributed by atoms with Crippen LogP contribution in [0.25, 0.3) is 0 Å². The zero-order valence-electron chi connectivity index (χ0n) is 15.7. The molecule has 0 radical (unpaired) electrons. The molecule has 1 aromatic rings. The van der Waals surface area contributed by atoms with Crippen LogP contribution in [-0.2, 0) is 9.53 Å². The maximum Gasteiger partial charge on any atom is 0.410 e. The van der Waals surface area contributed by atoms with Gasteiger partial charge in [-0.15, -0.1) is 0 Å². The van der Waals surface area contributed by atoms with Crippen molar-refractivity contribution >= 4 is 17.7 Å². The summed E-state index contributed by atoms with van der Waals surface area (Å²) in [4.78, 5) is 25.4. The van der Waals surface area contributed by atoms with Gasteiger partial charge in [0.05, 0.1) is 0 Å². The Morgan fingerprint density at radius 2 is 1.92 bits per heavy atom. The topological polar surface area (TPSA) is 58.6 Å². The summed E-state index contributed by atoms with van der Waals surface area (Å²) >= 11 is 0. The van der Waals surface area contributed by atoms with Crippen molar-refractivity contribution in [2.24, 2.45) is 0 Å². The molecule has 0 saturated carbocycles.